The average Bonchev–Trinajstić information content (AvgIpc) is 2.66. The topological polar surface area (TPSA) is 26.3 Å². The Morgan fingerprint density at radius 3 is 2.69 bits per heavy atom. The first-order chi connectivity index (χ1) is 12.8. The summed E-state index contributed by atoms with van der Waals surface area (Å²) in [5, 5.41) is 0. The van der Waals surface area contributed by atoms with Gasteiger partial charge in [0, 0.05) is 6.08 Å². The van der Waals surface area contributed by atoms with Crippen LogP contribution in [-0.2, 0) is 22.4 Å². The van der Waals surface area contributed by atoms with E-state index in [4.69, 9.17) is 4.74 Å². The Labute approximate surface area is 156 Å². The van der Waals surface area contributed by atoms with Gasteiger partial charge in [-0.3, -0.25) is 0 Å². The summed E-state index contributed by atoms with van der Waals surface area (Å²) in [6.45, 7) is 3.85. The number of benzene rings is 2. The summed E-state index contributed by atoms with van der Waals surface area (Å²) in [7, 11) is 0. The van der Waals surface area contributed by atoms with E-state index < -0.39 is 0 Å². The molecule has 0 radical (unpaired) electrons. The maximum absolute atomic E-state index is 11.1. The number of ether oxygens (including phenoxy) is 1. The van der Waals surface area contributed by atoms with E-state index in [0.29, 0.717) is 6.61 Å². The summed E-state index contributed by atoms with van der Waals surface area (Å²) in [5.41, 5.74) is 6.84. The fraction of sp³-hybridized carbons (Fsp3) is 0.292. The molecule has 2 aromatic carbocycles. The Bertz CT molecular complexity index is 787. The molecule has 26 heavy (non-hydrogen) atoms. The molecule has 0 saturated carbocycles. The Balaban J connectivity index is 1.73. The van der Waals surface area contributed by atoms with Crippen LogP contribution in [0.3, 0.4) is 0 Å². The molecule has 134 valence electrons. The Morgan fingerprint density at radius 1 is 1.08 bits per heavy atom. The van der Waals surface area contributed by atoms with Gasteiger partial charge in [-0.15, -0.1) is 0 Å². The zero-order chi connectivity index (χ0) is 18.2. The average molecular weight is 346 g/mol. The summed E-state index contributed by atoms with van der Waals surface area (Å²) in [6, 6.07) is 17.5. The lowest BCUT2D eigenvalue weighted by atomic mass is 9.89. The molecular weight excluding hydrogens is 320 g/mol. The molecule has 0 unspecified atom stereocenters. The monoisotopic (exact) mass is 346 g/mol. The van der Waals surface area contributed by atoms with E-state index in [-0.39, 0.29) is 5.97 Å². The molecular formula is C24H26O2. The van der Waals surface area contributed by atoms with Crippen molar-refractivity contribution < 1.29 is 9.53 Å². The first-order valence-corrected chi connectivity index (χ1v) is 9.43. The van der Waals surface area contributed by atoms with Crippen molar-refractivity contribution in [2.45, 2.75) is 38.5 Å². The number of hydrogen-bond donors (Lipinski definition) is 0. The van der Waals surface area contributed by atoms with E-state index in [0.717, 1.165) is 25.7 Å². The summed E-state index contributed by atoms with van der Waals surface area (Å²) < 4.78 is 5.06. The minimum absolute atomic E-state index is 0.346. The Kier molecular flexibility index (Phi) is 6.43. The number of carbonyl (C=O) groups excluding carboxylic acids is 1. The molecule has 0 N–H and O–H groups in total. The second kappa shape index (κ2) is 9.19. The van der Waals surface area contributed by atoms with Gasteiger partial charge in [-0.2, -0.15) is 0 Å². The van der Waals surface area contributed by atoms with Crippen molar-refractivity contribution in [1.29, 1.82) is 0 Å². The standard InChI is InChI=1S/C24H26O2/c1-2-24(25)26-16-8-9-19-14-15-23-18-22(20-10-4-3-5-11-20)13-7-6-12-21(23)17-19/h2-5,10-11,14-15,17-18H,1,6-9,12-13,16H2/b22-18+. The number of aryl methyl sites for hydroxylation is 2. The van der Waals surface area contributed by atoms with Crippen LogP contribution in [-0.4, -0.2) is 12.6 Å². The molecule has 0 amide bonds. The SMILES string of the molecule is C=CC(=O)OCCCc1ccc2c(c1)CCCC/C(c1ccccc1)=C\2. The van der Waals surface area contributed by atoms with Crippen molar-refractivity contribution in [2.24, 2.45) is 0 Å². The zero-order valence-corrected chi connectivity index (χ0v) is 15.2. The molecule has 2 heteroatoms. The third kappa shape index (κ3) is 4.95. The highest BCUT2D eigenvalue weighted by Gasteiger charge is 2.10. The normalized spacial score (nSPS) is 15.8. The molecule has 0 saturated heterocycles. The summed E-state index contributed by atoms with van der Waals surface area (Å²) >= 11 is 0. The fourth-order valence-electron chi connectivity index (χ4n) is 3.45. The first kappa shape index (κ1) is 18.2. The van der Waals surface area contributed by atoms with Crippen LogP contribution in [0.1, 0.15) is 47.9 Å². The van der Waals surface area contributed by atoms with E-state index in [9.17, 15) is 4.79 Å². The van der Waals surface area contributed by atoms with Crippen LogP contribution < -0.4 is 0 Å². The molecule has 0 fully saturated rings. The minimum Gasteiger partial charge on any atom is -0.463 e. The predicted molar refractivity (Wildman–Crippen MR) is 108 cm³/mol. The summed E-state index contributed by atoms with van der Waals surface area (Å²) in [4.78, 5) is 11.1. The Hall–Kier alpha value is -2.61. The number of carbonyl (C=O) groups is 1. The van der Waals surface area contributed by atoms with Gasteiger partial charge in [0.1, 0.15) is 0 Å². The van der Waals surface area contributed by atoms with Gasteiger partial charge in [-0.1, -0.05) is 61.2 Å². The van der Waals surface area contributed by atoms with Crippen LogP contribution in [0.4, 0.5) is 0 Å². The van der Waals surface area contributed by atoms with Crippen LogP contribution in [0.25, 0.3) is 11.6 Å². The van der Waals surface area contributed by atoms with Crippen LogP contribution in [0.5, 0.6) is 0 Å². The molecule has 0 atom stereocenters. The summed E-state index contributed by atoms with van der Waals surface area (Å²) in [6.07, 6.45) is 10.0. The maximum Gasteiger partial charge on any atom is 0.330 e. The first-order valence-electron chi connectivity index (χ1n) is 9.43. The predicted octanol–water partition coefficient (Wildman–Crippen LogP) is 5.62. The van der Waals surface area contributed by atoms with Crippen molar-refractivity contribution in [3.63, 3.8) is 0 Å². The lowest BCUT2D eigenvalue weighted by Crippen LogP contribution is -2.03. The van der Waals surface area contributed by atoms with Gasteiger partial charge in [0.2, 0.25) is 0 Å². The molecule has 0 bridgehead atoms. The second-order valence-corrected chi connectivity index (χ2v) is 6.75. The molecule has 0 aromatic heterocycles. The largest absolute Gasteiger partial charge is 0.463 e. The zero-order valence-electron chi connectivity index (χ0n) is 15.2. The lowest BCUT2D eigenvalue weighted by Gasteiger charge is -2.16. The number of allylic oxidation sites excluding steroid dienone is 1. The van der Waals surface area contributed by atoms with Gasteiger partial charge in [0.05, 0.1) is 6.61 Å². The van der Waals surface area contributed by atoms with Crippen LogP contribution in [0.2, 0.25) is 0 Å². The summed E-state index contributed by atoms with van der Waals surface area (Å²) in [5.74, 6) is -0.346. The second-order valence-electron chi connectivity index (χ2n) is 6.75. The lowest BCUT2D eigenvalue weighted by molar-refractivity contribution is -0.137. The van der Waals surface area contributed by atoms with Crippen LogP contribution >= 0.6 is 0 Å². The van der Waals surface area contributed by atoms with Gasteiger partial charge < -0.3 is 4.74 Å². The maximum atomic E-state index is 11.1. The van der Waals surface area contributed by atoms with Crippen LogP contribution in [0.15, 0.2) is 61.2 Å². The number of rotatable bonds is 6. The van der Waals surface area contributed by atoms with Crippen LogP contribution in [0, 0.1) is 0 Å². The van der Waals surface area contributed by atoms with Crippen molar-refractivity contribution >= 4 is 17.6 Å². The van der Waals surface area contributed by atoms with Gasteiger partial charge >= 0.3 is 5.97 Å². The quantitative estimate of drug-likeness (QED) is 0.386. The van der Waals surface area contributed by atoms with Gasteiger partial charge in [-0.25, -0.2) is 4.79 Å². The highest BCUT2D eigenvalue weighted by molar-refractivity contribution is 5.82. The fourth-order valence-corrected chi connectivity index (χ4v) is 3.45. The molecule has 3 rings (SSSR count). The number of fused-ring (bicyclic) bond motifs is 1. The van der Waals surface area contributed by atoms with E-state index in [1.807, 2.05) is 0 Å². The van der Waals surface area contributed by atoms with E-state index in [1.165, 1.54) is 46.7 Å². The van der Waals surface area contributed by atoms with Crippen molar-refractivity contribution in [3.05, 3.63) is 83.4 Å². The van der Waals surface area contributed by atoms with E-state index >= 15 is 0 Å². The smallest absolute Gasteiger partial charge is 0.330 e. The highest BCUT2D eigenvalue weighted by atomic mass is 16.5. The van der Waals surface area contributed by atoms with E-state index in [1.54, 1.807) is 0 Å². The highest BCUT2D eigenvalue weighted by Crippen LogP contribution is 2.29. The third-order valence-corrected chi connectivity index (χ3v) is 4.84. The van der Waals surface area contributed by atoms with Gasteiger partial charge in [-0.05, 0) is 66.4 Å². The molecule has 0 heterocycles. The molecule has 0 aliphatic heterocycles. The molecule has 1 aliphatic carbocycles. The molecule has 2 nitrogen and oxygen atoms in total. The molecule has 0 spiro atoms. The van der Waals surface area contributed by atoms with Gasteiger partial charge in [0.15, 0.2) is 0 Å². The molecule has 1 aliphatic rings. The van der Waals surface area contributed by atoms with Crippen molar-refractivity contribution in [3.8, 4) is 0 Å². The third-order valence-electron chi connectivity index (χ3n) is 4.84. The molecule has 2 aromatic rings. The Morgan fingerprint density at radius 2 is 1.88 bits per heavy atom. The van der Waals surface area contributed by atoms with Gasteiger partial charge in [0.25, 0.3) is 0 Å². The number of hydrogen-bond acceptors (Lipinski definition) is 2. The number of esters is 1. The van der Waals surface area contributed by atoms with Crippen molar-refractivity contribution in [1.82, 2.24) is 0 Å². The van der Waals surface area contributed by atoms with E-state index in [2.05, 4.69) is 61.2 Å². The van der Waals surface area contributed by atoms with Crippen molar-refractivity contribution in [2.75, 3.05) is 6.61 Å². The minimum atomic E-state index is -0.346.